The normalized spacial score (nSPS) is 11.9. The Balaban J connectivity index is 2.08. The zero-order chi connectivity index (χ0) is 13.8. The molecule has 0 aliphatic heterocycles. The Bertz CT molecular complexity index is 593. The standard InChI is InChI=1S/C15H17N3S/c1-10(15-11(2)19-12(3)18-15)17-14-6-4-13(5-7-14)8-9-16/h4-7,10,17H,8H2,1-3H3. The fourth-order valence-corrected chi connectivity index (χ4v) is 2.99. The number of anilines is 1. The Kier molecular flexibility index (Phi) is 4.18. The molecule has 1 aromatic carbocycles. The van der Waals surface area contributed by atoms with Crippen LogP contribution < -0.4 is 5.32 Å². The van der Waals surface area contributed by atoms with Crippen molar-refractivity contribution in [1.29, 1.82) is 5.26 Å². The molecule has 0 bridgehead atoms. The van der Waals surface area contributed by atoms with E-state index < -0.39 is 0 Å². The van der Waals surface area contributed by atoms with Crippen molar-refractivity contribution in [2.24, 2.45) is 0 Å². The number of nitrogens with one attached hydrogen (secondary N) is 1. The Morgan fingerprint density at radius 3 is 2.53 bits per heavy atom. The molecule has 2 aromatic rings. The lowest BCUT2D eigenvalue weighted by Crippen LogP contribution is -2.08. The first-order valence-electron chi connectivity index (χ1n) is 6.26. The molecule has 98 valence electrons. The molecule has 0 amide bonds. The molecule has 0 saturated carbocycles. The highest BCUT2D eigenvalue weighted by Gasteiger charge is 2.12. The summed E-state index contributed by atoms with van der Waals surface area (Å²) in [5, 5.41) is 13.2. The predicted octanol–water partition coefficient (Wildman–Crippen LogP) is 4.00. The van der Waals surface area contributed by atoms with Gasteiger partial charge in [-0.15, -0.1) is 11.3 Å². The molecule has 1 atom stereocenters. The summed E-state index contributed by atoms with van der Waals surface area (Å²) >= 11 is 1.73. The van der Waals surface area contributed by atoms with Gasteiger partial charge in [-0.25, -0.2) is 4.98 Å². The molecule has 1 N–H and O–H groups in total. The second-order valence-corrected chi connectivity index (χ2v) is 5.98. The van der Waals surface area contributed by atoms with E-state index in [0.717, 1.165) is 22.0 Å². The molecule has 0 aliphatic rings. The van der Waals surface area contributed by atoms with Gasteiger partial charge in [0.25, 0.3) is 0 Å². The molecule has 0 spiro atoms. The molecule has 0 fully saturated rings. The minimum absolute atomic E-state index is 0.187. The second kappa shape index (κ2) is 5.85. The highest BCUT2D eigenvalue weighted by atomic mass is 32.1. The largest absolute Gasteiger partial charge is 0.377 e. The number of rotatable bonds is 4. The van der Waals surface area contributed by atoms with Crippen LogP contribution in [0, 0.1) is 25.2 Å². The SMILES string of the molecule is Cc1nc(C(C)Nc2ccc(CC#N)cc2)c(C)s1. The van der Waals surface area contributed by atoms with Gasteiger partial charge in [0.05, 0.1) is 29.2 Å². The van der Waals surface area contributed by atoms with Crippen LogP contribution in [-0.4, -0.2) is 4.98 Å². The van der Waals surface area contributed by atoms with E-state index in [2.05, 4.69) is 30.2 Å². The van der Waals surface area contributed by atoms with Crippen LogP contribution in [0.3, 0.4) is 0 Å². The summed E-state index contributed by atoms with van der Waals surface area (Å²) in [6.07, 6.45) is 0.459. The van der Waals surface area contributed by atoms with E-state index in [0.29, 0.717) is 6.42 Å². The van der Waals surface area contributed by atoms with Gasteiger partial charge in [-0.1, -0.05) is 12.1 Å². The Morgan fingerprint density at radius 2 is 2.00 bits per heavy atom. The topological polar surface area (TPSA) is 48.7 Å². The van der Waals surface area contributed by atoms with Crippen LogP contribution in [0.5, 0.6) is 0 Å². The Hall–Kier alpha value is -1.86. The third kappa shape index (κ3) is 3.33. The molecule has 3 nitrogen and oxygen atoms in total. The summed E-state index contributed by atoms with van der Waals surface area (Å²) in [5.74, 6) is 0. The average Bonchev–Trinajstić information content (AvgIpc) is 2.71. The quantitative estimate of drug-likeness (QED) is 0.914. The maximum atomic E-state index is 8.64. The Morgan fingerprint density at radius 1 is 1.32 bits per heavy atom. The summed E-state index contributed by atoms with van der Waals surface area (Å²) in [4.78, 5) is 5.83. The zero-order valence-corrected chi connectivity index (χ0v) is 12.2. The summed E-state index contributed by atoms with van der Waals surface area (Å²) in [5.41, 5.74) is 3.21. The molecule has 1 aromatic heterocycles. The molecular weight excluding hydrogens is 254 g/mol. The van der Waals surface area contributed by atoms with Crippen LogP contribution in [0.2, 0.25) is 0 Å². The van der Waals surface area contributed by atoms with Crippen LogP contribution >= 0.6 is 11.3 Å². The van der Waals surface area contributed by atoms with Crippen LogP contribution in [-0.2, 0) is 6.42 Å². The first-order valence-corrected chi connectivity index (χ1v) is 7.08. The number of aromatic nitrogens is 1. The van der Waals surface area contributed by atoms with Gasteiger partial charge in [-0.2, -0.15) is 5.26 Å². The fraction of sp³-hybridized carbons (Fsp3) is 0.333. The van der Waals surface area contributed by atoms with Crippen molar-refractivity contribution >= 4 is 17.0 Å². The molecular formula is C15H17N3S. The summed E-state index contributed by atoms with van der Waals surface area (Å²) in [6, 6.07) is 10.3. The predicted molar refractivity (Wildman–Crippen MR) is 79.4 cm³/mol. The summed E-state index contributed by atoms with van der Waals surface area (Å²) in [7, 11) is 0. The fourth-order valence-electron chi connectivity index (χ4n) is 2.08. The maximum absolute atomic E-state index is 8.64. The van der Waals surface area contributed by atoms with E-state index in [-0.39, 0.29) is 6.04 Å². The Labute approximate surface area is 117 Å². The van der Waals surface area contributed by atoms with Crippen molar-refractivity contribution in [3.63, 3.8) is 0 Å². The van der Waals surface area contributed by atoms with Crippen LogP contribution in [0.4, 0.5) is 5.69 Å². The zero-order valence-electron chi connectivity index (χ0n) is 11.4. The minimum atomic E-state index is 0.187. The summed E-state index contributed by atoms with van der Waals surface area (Å²) in [6.45, 7) is 6.25. The number of hydrogen-bond donors (Lipinski definition) is 1. The second-order valence-electron chi connectivity index (χ2n) is 4.57. The van der Waals surface area contributed by atoms with Gasteiger partial charge in [0, 0.05) is 10.6 Å². The van der Waals surface area contributed by atoms with Crippen molar-refractivity contribution in [2.75, 3.05) is 5.32 Å². The van der Waals surface area contributed by atoms with Crippen molar-refractivity contribution in [3.05, 3.63) is 45.4 Å². The van der Waals surface area contributed by atoms with Crippen LogP contribution in [0.25, 0.3) is 0 Å². The molecule has 4 heteroatoms. The maximum Gasteiger partial charge on any atom is 0.0901 e. The van der Waals surface area contributed by atoms with E-state index in [1.807, 2.05) is 31.2 Å². The van der Waals surface area contributed by atoms with Crippen molar-refractivity contribution in [2.45, 2.75) is 33.2 Å². The third-order valence-corrected chi connectivity index (χ3v) is 3.87. The average molecular weight is 271 g/mol. The molecule has 19 heavy (non-hydrogen) atoms. The van der Waals surface area contributed by atoms with Gasteiger partial charge < -0.3 is 5.32 Å². The number of thiazole rings is 1. The smallest absolute Gasteiger partial charge is 0.0901 e. The number of hydrogen-bond acceptors (Lipinski definition) is 4. The van der Waals surface area contributed by atoms with E-state index in [1.165, 1.54) is 4.88 Å². The lowest BCUT2D eigenvalue weighted by Gasteiger charge is -2.14. The lowest BCUT2D eigenvalue weighted by molar-refractivity contribution is 0.837. The van der Waals surface area contributed by atoms with Gasteiger partial charge in [0.1, 0.15) is 0 Å². The number of nitriles is 1. The van der Waals surface area contributed by atoms with Crippen LogP contribution in [0.1, 0.15) is 34.1 Å². The van der Waals surface area contributed by atoms with E-state index in [4.69, 9.17) is 5.26 Å². The monoisotopic (exact) mass is 271 g/mol. The van der Waals surface area contributed by atoms with Gasteiger partial charge >= 0.3 is 0 Å². The molecule has 0 radical (unpaired) electrons. The van der Waals surface area contributed by atoms with E-state index >= 15 is 0 Å². The highest BCUT2D eigenvalue weighted by molar-refractivity contribution is 7.11. The van der Waals surface area contributed by atoms with Gasteiger partial charge in [-0.05, 0) is 38.5 Å². The highest BCUT2D eigenvalue weighted by Crippen LogP contribution is 2.25. The summed E-state index contributed by atoms with van der Waals surface area (Å²) < 4.78 is 0. The first kappa shape index (κ1) is 13.6. The van der Waals surface area contributed by atoms with Gasteiger partial charge in [0.2, 0.25) is 0 Å². The molecule has 1 heterocycles. The molecule has 1 unspecified atom stereocenters. The number of benzene rings is 1. The lowest BCUT2D eigenvalue weighted by atomic mass is 10.1. The molecule has 0 aliphatic carbocycles. The molecule has 2 rings (SSSR count). The van der Waals surface area contributed by atoms with Crippen molar-refractivity contribution in [1.82, 2.24) is 4.98 Å². The number of aryl methyl sites for hydroxylation is 2. The molecule has 0 saturated heterocycles. The van der Waals surface area contributed by atoms with E-state index in [1.54, 1.807) is 11.3 Å². The van der Waals surface area contributed by atoms with Crippen molar-refractivity contribution < 1.29 is 0 Å². The van der Waals surface area contributed by atoms with Gasteiger partial charge in [-0.3, -0.25) is 0 Å². The number of nitrogens with zero attached hydrogens (tertiary/aromatic N) is 2. The van der Waals surface area contributed by atoms with Crippen molar-refractivity contribution in [3.8, 4) is 6.07 Å². The van der Waals surface area contributed by atoms with Gasteiger partial charge in [0.15, 0.2) is 0 Å². The van der Waals surface area contributed by atoms with E-state index in [9.17, 15) is 0 Å². The third-order valence-electron chi connectivity index (χ3n) is 2.97. The van der Waals surface area contributed by atoms with Crippen LogP contribution in [0.15, 0.2) is 24.3 Å². The minimum Gasteiger partial charge on any atom is -0.377 e. The first-order chi connectivity index (χ1) is 9.10.